The van der Waals surface area contributed by atoms with Crippen molar-refractivity contribution in [1.82, 2.24) is 40.3 Å². The van der Waals surface area contributed by atoms with E-state index in [9.17, 15) is 0 Å². The van der Waals surface area contributed by atoms with Crippen LogP contribution in [0.1, 0.15) is 22.9 Å². The van der Waals surface area contributed by atoms with E-state index in [1.807, 2.05) is 13.0 Å². The summed E-state index contributed by atoms with van der Waals surface area (Å²) in [5, 5.41) is 23.7. The Hall–Kier alpha value is -3.41. The Bertz CT molecular complexity index is 824. The van der Waals surface area contributed by atoms with E-state index in [2.05, 4.69) is 40.3 Å². The average molecular weight is 307 g/mol. The fourth-order valence-electron chi connectivity index (χ4n) is 1.52. The van der Waals surface area contributed by atoms with E-state index in [1.54, 1.807) is 32.4 Å². The maximum absolute atomic E-state index is 8.37. The van der Waals surface area contributed by atoms with Gasteiger partial charge in [0.05, 0.1) is 11.4 Å². The lowest BCUT2D eigenvalue weighted by atomic mass is 10.3. The van der Waals surface area contributed by atoms with Gasteiger partial charge in [0.15, 0.2) is 11.5 Å². The largest absolute Gasteiger partial charge is 0.258 e. The molecular formula is C14H13N9. The summed E-state index contributed by atoms with van der Waals surface area (Å²) < 4.78 is 0. The molecule has 9 nitrogen and oxygen atoms in total. The van der Waals surface area contributed by atoms with Crippen LogP contribution in [0, 0.1) is 32.1 Å². The van der Waals surface area contributed by atoms with Crippen LogP contribution in [0.3, 0.4) is 0 Å². The van der Waals surface area contributed by atoms with Gasteiger partial charge < -0.3 is 0 Å². The molecule has 0 bridgehead atoms. The van der Waals surface area contributed by atoms with Crippen LogP contribution in [0.15, 0.2) is 24.8 Å². The minimum atomic E-state index is 0.400. The van der Waals surface area contributed by atoms with Gasteiger partial charge in [-0.25, -0.2) is 9.97 Å². The van der Waals surface area contributed by atoms with E-state index in [-0.39, 0.29) is 0 Å². The highest BCUT2D eigenvalue weighted by Gasteiger charge is 2.07. The number of nitrogens with zero attached hydrogens (tertiary/aromatic N) is 9. The SMILES string of the molecule is Cc1nccnc1C#N.Cc1nnc(-c2nccnc2C)nn1. The van der Waals surface area contributed by atoms with Crippen molar-refractivity contribution in [2.75, 3.05) is 0 Å². The minimum Gasteiger partial charge on any atom is -0.258 e. The zero-order valence-electron chi connectivity index (χ0n) is 12.8. The molecule has 3 aromatic heterocycles. The summed E-state index contributed by atoms with van der Waals surface area (Å²) >= 11 is 0. The molecule has 3 aromatic rings. The topological polar surface area (TPSA) is 127 Å². The second-order valence-electron chi connectivity index (χ2n) is 4.36. The van der Waals surface area contributed by atoms with E-state index < -0.39 is 0 Å². The summed E-state index contributed by atoms with van der Waals surface area (Å²) in [6, 6.07) is 1.92. The predicted octanol–water partition coefficient (Wildman–Crippen LogP) is 0.997. The van der Waals surface area contributed by atoms with Crippen molar-refractivity contribution in [1.29, 1.82) is 5.26 Å². The Morgan fingerprint density at radius 2 is 1.30 bits per heavy atom. The van der Waals surface area contributed by atoms with Gasteiger partial charge >= 0.3 is 0 Å². The molecule has 3 rings (SSSR count). The molecule has 0 saturated carbocycles. The van der Waals surface area contributed by atoms with Crippen LogP contribution in [0.2, 0.25) is 0 Å². The highest BCUT2D eigenvalue weighted by atomic mass is 15.3. The maximum Gasteiger partial charge on any atom is 0.223 e. The molecule has 0 N–H and O–H groups in total. The van der Waals surface area contributed by atoms with Crippen molar-refractivity contribution >= 4 is 0 Å². The zero-order valence-corrected chi connectivity index (χ0v) is 12.8. The second kappa shape index (κ2) is 7.56. The number of nitriles is 1. The Labute approximate surface area is 132 Å². The van der Waals surface area contributed by atoms with Gasteiger partial charge in [0.2, 0.25) is 5.82 Å². The molecule has 9 heteroatoms. The van der Waals surface area contributed by atoms with Gasteiger partial charge in [-0.05, 0) is 20.8 Å². The van der Waals surface area contributed by atoms with Gasteiger partial charge in [-0.1, -0.05) is 0 Å². The van der Waals surface area contributed by atoms with E-state index in [4.69, 9.17) is 5.26 Å². The highest BCUT2D eigenvalue weighted by Crippen LogP contribution is 2.11. The first-order valence-electron chi connectivity index (χ1n) is 6.61. The standard InChI is InChI=1S/C8H8N6.C6H5N3/c1-5-7(10-4-3-9-5)8-13-11-6(2)12-14-8;1-5-6(4-7)9-3-2-8-5/h3-4H,1-2H3;2-3H,1H3. The molecule has 114 valence electrons. The zero-order chi connectivity index (χ0) is 16.7. The molecule has 0 spiro atoms. The molecule has 0 amide bonds. The molecule has 0 aliphatic rings. The van der Waals surface area contributed by atoms with Crippen LogP contribution in [-0.4, -0.2) is 40.3 Å². The summed E-state index contributed by atoms with van der Waals surface area (Å²) in [5.74, 6) is 0.941. The fourth-order valence-corrected chi connectivity index (χ4v) is 1.52. The molecule has 23 heavy (non-hydrogen) atoms. The lowest BCUT2D eigenvalue weighted by Crippen LogP contribution is -2.01. The van der Waals surface area contributed by atoms with Gasteiger partial charge in [-0.3, -0.25) is 9.97 Å². The maximum atomic E-state index is 8.37. The molecule has 3 heterocycles. The quantitative estimate of drug-likeness (QED) is 0.646. The number of aryl methyl sites for hydroxylation is 3. The van der Waals surface area contributed by atoms with Gasteiger partial charge in [0.25, 0.3) is 0 Å². The number of hydrogen-bond donors (Lipinski definition) is 0. The molecule has 0 radical (unpaired) electrons. The Morgan fingerprint density at radius 3 is 1.83 bits per heavy atom. The summed E-state index contributed by atoms with van der Waals surface area (Å²) in [6.07, 6.45) is 6.28. The van der Waals surface area contributed by atoms with Crippen LogP contribution in [0.25, 0.3) is 11.5 Å². The van der Waals surface area contributed by atoms with Crippen molar-refractivity contribution < 1.29 is 0 Å². The van der Waals surface area contributed by atoms with Gasteiger partial charge in [0, 0.05) is 24.8 Å². The molecule has 0 fully saturated rings. The monoisotopic (exact) mass is 307 g/mol. The molecule has 0 unspecified atom stereocenters. The van der Waals surface area contributed by atoms with Crippen LogP contribution in [-0.2, 0) is 0 Å². The molecule has 0 aliphatic carbocycles. The van der Waals surface area contributed by atoms with Crippen molar-refractivity contribution in [3.05, 3.63) is 47.7 Å². The summed E-state index contributed by atoms with van der Waals surface area (Å²) in [6.45, 7) is 5.32. The Morgan fingerprint density at radius 1 is 0.739 bits per heavy atom. The van der Waals surface area contributed by atoms with Gasteiger partial charge in [-0.15, -0.1) is 20.4 Å². The normalized spacial score (nSPS) is 9.48. The predicted molar refractivity (Wildman–Crippen MR) is 79.6 cm³/mol. The molecular weight excluding hydrogens is 294 g/mol. The molecule has 0 atom stereocenters. The number of aromatic nitrogens is 8. The third kappa shape index (κ3) is 4.28. The summed E-state index contributed by atoms with van der Waals surface area (Å²) in [5.41, 5.74) is 2.46. The Balaban J connectivity index is 0.000000185. The first-order valence-corrected chi connectivity index (χ1v) is 6.61. The van der Waals surface area contributed by atoms with E-state index in [1.165, 1.54) is 6.20 Å². The van der Waals surface area contributed by atoms with Crippen molar-refractivity contribution in [2.45, 2.75) is 20.8 Å². The van der Waals surface area contributed by atoms with Crippen molar-refractivity contribution in [2.24, 2.45) is 0 Å². The number of rotatable bonds is 1. The third-order valence-corrected chi connectivity index (χ3v) is 2.66. The molecule has 0 aliphatic heterocycles. The van der Waals surface area contributed by atoms with E-state index >= 15 is 0 Å². The van der Waals surface area contributed by atoms with Crippen molar-refractivity contribution in [3.63, 3.8) is 0 Å². The van der Waals surface area contributed by atoms with Crippen LogP contribution in [0.5, 0.6) is 0 Å². The van der Waals surface area contributed by atoms with Crippen molar-refractivity contribution in [3.8, 4) is 17.6 Å². The van der Waals surface area contributed by atoms with Gasteiger partial charge in [-0.2, -0.15) is 5.26 Å². The first-order chi connectivity index (χ1) is 11.1. The molecule has 0 saturated heterocycles. The summed E-state index contributed by atoms with van der Waals surface area (Å²) in [7, 11) is 0. The Kier molecular flexibility index (Phi) is 5.25. The lowest BCUT2D eigenvalue weighted by molar-refractivity contribution is 0.809. The average Bonchev–Trinajstić information content (AvgIpc) is 2.57. The highest BCUT2D eigenvalue weighted by molar-refractivity contribution is 5.49. The summed E-state index contributed by atoms with van der Waals surface area (Å²) in [4.78, 5) is 15.8. The van der Waals surface area contributed by atoms with Crippen LogP contribution < -0.4 is 0 Å². The lowest BCUT2D eigenvalue weighted by Gasteiger charge is -1.99. The minimum absolute atomic E-state index is 0.400. The van der Waals surface area contributed by atoms with Crippen LogP contribution in [0.4, 0.5) is 0 Å². The van der Waals surface area contributed by atoms with Crippen LogP contribution >= 0.6 is 0 Å². The second-order valence-corrected chi connectivity index (χ2v) is 4.36. The molecule has 0 aromatic carbocycles. The number of hydrogen-bond acceptors (Lipinski definition) is 9. The smallest absolute Gasteiger partial charge is 0.223 e. The van der Waals surface area contributed by atoms with E-state index in [0.29, 0.717) is 28.7 Å². The third-order valence-electron chi connectivity index (χ3n) is 2.66. The van der Waals surface area contributed by atoms with Gasteiger partial charge in [0.1, 0.15) is 11.8 Å². The van der Waals surface area contributed by atoms with E-state index in [0.717, 1.165) is 5.69 Å². The fraction of sp³-hybridized carbons (Fsp3) is 0.214. The first kappa shape index (κ1) is 16.0.